The second-order valence-corrected chi connectivity index (χ2v) is 5.36. The zero-order chi connectivity index (χ0) is 17.6. The van der Waals surface area contributed by atoms with E-state index >= 15 is 0 Å². The van der Waals surface area contributed by atoms with Gasteiger partial charge in [-0.25, -0.2) is 9.78 Å². The lowest BCUT2D eigenvalue weighted by atomic mass is 10.1. The molecule has 0 unspecified atom stereocenters. The molecule has 1 amide bonds. The molecule has 6 nitrogen and oxygen atoms in total. The number of carbonyl (C=O) groups excluding carboxylic acids is 2. The summed E-state index contributed by atoms with van der Waals surface area (Å²) < 4.78 is 6.39. The number of esters is 1. The van der Waals surface area contributed by atoms with Crippen molar-refractivity contribution in [2.75, 3.05) is 7.11 Å². The summed E-state index contributed by atoms with van der Waals surface area (Å²) in [6.07, 6.45) is 3.14. The summed E-state index contributed by atoms with van der Waals surface area (Å²) in [4.78, 5) is 27.9. The van der Waals surface area contributed by atoms with E-state index in [1.165, 1.54) is 13.3 Å². The molecule has 0 spiro atoms. The van der Waals surface area contributed by atoms with E-state index in [4.69, 9.17) is 0 Å². The first-order valence-electron chi connectivity index (χ1n) is 7.72. The molecule has 0 radical (unpaired) electrons. The molecule has 0 atom stereocenters. The number of benzene rings is 2. The van der Waals surface area contributed by atoms with Crippen molar-refractivity contribution in [1.82, 2.24) is 14.9 Å². The van der Waals surface area contributed by atoms with Gasteiger partial charge in [0.25, 0.3) is 5.91 Å². The SMILES string of the molecule is COC(=O)c1ccc(CNC(=O)c2cncn2-c2ccccc2)cc1. The fraction of sp³-hybridized carbons (Fsp3) is 0.105. The number of hydrogen-bond donors (Lipinski definition) is 1. The first kappa shape index (κ1) is 16.4. The molecule has 3 aromatic rings. The van der Waals surface area contributed by atoms with Gasteiger partial charge < -0.3 is 10.1 Å². The summed E-state index contributed by atoms with van der Waals surface area (Å²) in [6.45, 7) is 0.347. The number of carbonyl (C=O) groups is 2. The average molecular weight is 335 g/mol. The van der Waals surface area contributed by atoms with Gasteiger partial charge in [0.15, 0.2) is 0 Å². The Morgan fingerprint density at radius 3 is 2.48 bits per heavy atom. The van der Waals surface area contributed by atoms with Crippen LogP contribution in [-0.4, -0.2) is 28.5 Å². The quantitative estimate of drug-likeness (QED) is 0.727. The minimum atomic E-state index is -0.387. The molecule has 126 valence electrons. The van der Waals surface area contributed by atoms with Crippen molar-refractivity contribution >= 4 is 11.9 Å². The van der Waals surface area contributed by atoms with Gasteiger partial charge in [-0.3, -0.25) is 9.36 Å². The third-order valence-corrected chi connectivity index (χ3v) is 3.73. The van der Waals surface area contributed by atoms with Crippen LogP contribution in [0.5, 0.6) is 0 Å². The first-order chi connectivity index (χ1) is 12.2. The maximum Gasteiger partial charge on any atom is 0.337 e. The van der Waals surface area contributed by atoms with E-state index in [0.29, 0.717) is 17.8 Å². The van der Waals surface area contributed by atoms with E-state index in [1.54, 1.807) is 35.2 Å². The molecule has 0 fully saturated rings. The molecule has 1 N–H and O–H groups in total. The van der Waals surface area contributed by atoms with Crippen LogP contribution in [0.4, 0.5) is 0 Å². The highest BCUT2D eigenvalue weighted by molar-refractivity contribution is 5.93. The van der Waals surface area contributed by atoms with Gasteiger partial charge in [-0.2, -0.15) is 0 Å². The number of hydrogen-bond acceptors (Lipinski definition) is 4. The van der Waals surface area contributed by atoms with Crippen LogP contribution in [0.1, 0.15) is 26.4 Å². The summed E-state index contributed by atoms with van der Waals surface area (Å²) >= 11 is 0. The second kappa shape index (κ2) is 7.44. The minimum absolute atomic E-state index is 0.224. The van der Waals surface area contributed by atoms with Gasteiger partial charge >= 0.3 is 5.97 Å². The maximum atomic E-state index is 12.4. The normalized spacial score (nSPS) is 10.3. The maximum absolute atomic E-state index is 12.4. The van der Waals surface area contributed by atoms with Crippen molar-refractivity contribution < 1.29 is 14.3 Å². The molecular weight excluding hydrogens is 318 g/mol. The number of methoxy groups -OCH3 is 1. The Kier molecular flexibility index (Phi) is 4.89. The molecule has 0 saturated carbocycles. The van der Waals surface area contributed by atoms with Gasteiger partial charge in [0, 0.05) is 12.2 Å². The molecule has 0 aliphatic rings. The number of nitrogens with zero attached hydrogens (tertiary/aromatic N) is 2. The van der Waals surface area contributed by atoms with Gasteiger partial charge in [-0.1, -0.05) is 30.3 Å². The largest absolute Gasteiger partial charge is 0.465 e. The van der Waals surface area contributed by atoms with Crippen LogP contribution in [0.25, 0.3) is 5.69 Å². The Bertz CT molecular complexity index is 870. The molecule has 0 aliphatic carbocycles. The lowest BCUT2D eigenvalue weighted by Gasteiger charge is -2.09. The predicted molar refractivity (Wildman–Crippen MR) is 92.5 cm³/mol. The number of aromatic nitrogens is 2. The van der Waals surface area contributed by atoms with Gasteiger partial charge in [0.1, 0.15) is 5.69 Å². The highest BCUT2D eigenvalue weighted by atomic mass is 16.5. The highest BCUT2D eigenvalue weighted by Crippen LogP contribution is 2.11. The number of para-hydroxylation sites is 1. The van der Waals surface area contributed by atoms with Gasteiger partial charge in [0.05, 0.1) is 25.2 Å². The Morgan fingerprint density at radius 1 is 1.08 bits per heavy atom. The number of imidazole rings is 1. The molecule has 6 heteroatoms. The summed E-state index contributed by atoms with van der Waals surface area (Å²) in [5.74, 6) is -0.610. The zero-order valence-electron chi connectivity index (χ0n) is 13.7. The van der Waals surface area contributed by atoms with Crippen molar-refractivity contribution in [3.05, 3.63) is 83.9 Å². The zero-order valence-corrected chi connectivity index (χ0v) is 13.7. The van der Waals surface area contributed by atoms with Gasteiger partial charge in [-0.05, 0) is 29.8 Å². The molecule has 25 heavy (non-hydrogen) atoms. The number of nitrogens with one attached hydrogen (secondary N) is 1. The average Bonchev–Trinajstić information content (AvgIpc) is 3.16. The minimum Gasteiger partial charge on any atom is -0.465 e. The number of rotatable bonds is 5. The molecular formula is C19H17N3O3. The Hall–Kier alpha value is -3.41. The van der Waals surface area contributed by atoms with Gasteiger partial charge in [-0.15, -0.1) is 0 Å². The van der Waals surface area contributed by atoms with Crippen LogP contribution >= 0.6 is 0 Å². The molecule has 2 aromatic carbocycles. The molecule has 1 heterocycles. The van der Waals surface area contributed by atoms with E-state index in [9.17, 15) is 9.59 Å². The fourth-order valence-electron chi connectivity index (χ4n) is 2.41. The second-order valence-electron chi connectivity index (χ2n) is 5.36. The third-order valence-electron chi connectivity index (χ3n) is 3.73. The lowest BCUT2D eigenvalue weighted by Crippen LogP contribution is -2.25. The smallest absolute Gasteiger partial charge is 0.337 e. The van der Waals surface area contributed by atoms with E-state index in [1.807, 2.05) is 30.3 Å². The van der Waals surface area contributed by atoms with Crippen LogP contribution in [0.3, 0.4) is 0 Å². The summed E-state index contributed by atoms with van der Waals surface area (Å²) in [5, 5.41) is 2.86. The van der Waals surface area contributed by atoms with Crippen molar-refractivity contribution in [3.63, 3.8) is 0 Å². The van der Waals surface area contributed by atoms with Crippen LogP contribution in [-0.2, 0) is 11.3 Å². The van der Waals surface area contributed by atoms with Crippen LogP contribution < -0.4 is 5.32 Å². The van der Waals surface area contributed by atoms with Crippen molar-refractivity contribution in [1.29, 1.82) is 0 Å². The summed E-state index contributed by atoms with van der Waals surface area (Å²) in [5.41, 5.74) is 2.68. The van der Waals surface area contributed by atoms with E-state index in [0.717, 1.165) is 11.3 Å². The van der Waals surface area contributed by atoms with E-state index in [-0.39, 0.29) is 11.9 Å². The highest BCUT2D eigenvalue weighted by Gasteiger charge is 2.13. The molecule has 1 aromatic heterocycles. The van der Waals surface area contributed by atoms with E-state index < -0.39 is 0 Å². The number of amides is 1. The standard InChI is InChI=1S/C19H17N3O3/c1-25-19(24)15-9-7-14(8-10-15)11-21-18(23)17-12-20-13-22(17)16-5-3-2-4-6-16/h2-10,12-13H,11H2,1H3,(H,21,23). The van der Waals surface area contributed by atoms with Crippen molar-refractivity contribution in [3.8, 4) is 5.69 Å². The Balaban J connectivity index is 1.68. The fourth-order valence-corrected chi connectivity index (χ4v) is 2.41. The van der Waals surface area contributed by atoms with E-state index in [2.05, 4.69) is 15.0 Å². The summed E-state index contributed by atoms with van der Waals surface area (Å²) in [6, 6.07) is 16.4. The van der Waals surface area contributed by atoms with Crippen LogP contribution in [0.2, 0.25) is 0 Å². The van der Waals surface area contributed by atoms with Crippen molar-refractivity contribution in [2.45, 2.75) is 6.54 Å². The lowest BCUT2D eigenvalue weighted by molar-refractivity contribution is 0.0600. The molecule has 0 saturated heterocycles. The number of ether oxygens (including phenoxy) is 1. The Labute approximate surface area is 145 Å². The topological polar surface area (TPSA) is 73.2 Å². The summed E-state index contributed by atoms with van der Waals surface area (Å²) in [7, 11) is 1.34. The molecule has 0 bridgehead atoms. The van der Waals surface area contributed by atoms with Crippen molar-refractivity contribution in [2.24, 2.45) is 0 Å². The van der Waals surface area contributed by atoms with Crippen LogP contribution in [0.15, 0.2) is 67.1 Å². The predicted octanol–water partition coefficient (Wildman–Crippen LogP) is 2.59. The molecule has 3 rings (SSSR count). The monoisotopic (exact) mass is 335 g/mol. The van der Waals surface area contributed by atoms with Gasteiger partial charge in [0.2, 0.25) is 0 Å². The molecule has 0 aliphatic heterocycles. The Morgan fingerprint density at radius 2 is 1.80 bits per heavy atom. The van der Waals surface area contributed by atoms with Crippen LogP contribution in [0, 0.1) is 0 Å². The third kappa shape index (κ3) is 3.74. The first-order valence-corrected chi connectivity index (χ1v) is 7.72.